The van der Waals surface area contributed by atoms with Crippen LogP contribution in [-0.4, -0.2) is 32.5 Å². The second-order valence-corrected chi connectivity index (χ2v) is 8.06. The summed E-state index contributed by atoms with van der Waals surface area (Å²) in [4.78, 5) is 30.6. The van der Waals surface area contributed by atoms with E-state index in [-0.39, 0.29) is 21.4 Å². The first-order valence-corrected chi connectivity index (χ1v) is 10.7. The van der Waals surface area contributed by atoms with Crippen molar-refractivity contribution >= 4 is 32.7 Å². The van der Waals surface area contributed by atoms with Gasteiger partial charge in [-0.15, -0.1) is 0 Å². The van der Waals surface area contributed by atoms with Gasteiger partial charge in [-0.05, 0) is 47.1 Å². The largest absolute Gasteiger partial charge is 0.497 e. The number of benzene rings is 2. The van der Waals surface area contributed by atoms with Crippen LogP contribution in [0.5, 0.6) is 5.75 Å². The molecule has 0 radical (unpaired) electrons. The van der Waals surface area contributed by atoms with E-state index in [0.29, 0.717) is 16.8 Å². The quantitative estimate of drug-likeness (QED) is 0.415. The zero-order valence-corrected chi connectivity index (χ0v) is 19.4. The maximum absolute atomic E-state index is 13.2. The van der Waals surface area contributed by atoms with Gasteiger partial charge in [0, 0.05) is 5.56 Å². The Balaban J connectivity index is 1.76. The number of methoxy groups -OCH3 is 1. The summed E-state index contributed by atoms with van der Waals surface area (Å²) in [6.07, 6.45) is -4.69. The minimum Gasteiger partial charge on any atom is -0.497 e. The molecule has 12 heteroatoms. The Hall–Kier alpha value is -3.67. The molecule has 1 N–H and O–H groups in total. The number of alkyl halides is 3. The van der Waals surface area contributed by atoms with Gasteiger partial charge in [0.15, 0.2) is 11.5 Å². The highest BCUT2D eigenvalue weighted by atomic mass is 79.9. The van der Waals surface area contributed by atoms with E-state index in [1.54, 1.807) is 48.5 Å². The van der Waals surface area contributed by atoms with E-state index in [1.165, 1.54) is 14.0 Å². The second-order valence-electron chi connectivity index (χ2n) is 7.26. The van der Waals surface area contributed by atoms with Crippen molar-refractivity contribution in [1.82, 2.24) is 19.4 Å². The van der Waals surface area contributed by atoms with Crippen molar-refractivity contribution < 1.29 is 22.7 Å². The topological polar surface area (TPSA) is 91.0 Å². The minimum atomic E-state index is -4.69. The number of hydrogen-bond donors (Lipinski definition) is 1. The summed E-state index contributed by atoms with van der Waals surface area (Å²) < 4.78 is 46.3. The first-order valence-electron chi connectivity index (χ1n) is 9.86. The van der Waals surface area contributed by atoms with Crippen LogP contribution in [0.15, 0.2) is 57.8 Å². The van der Waals surface area contributed by atoms with Gasteiger partial charge < -0.3 is 4.74 Å². The van der Waals surface area contributed by atoms with Crippen LogP contribution in [0, 0.1) is 6.92 Å². The molecule has 34 heavy (non-hydrogen) atoms. The highest BCUT2D eigenvalue weighted by molar-refractivity contribution is 9.10. The summed E-state index contributed by atoms with van der Waals surface area (Å²) in [5.74, 6) is -0.130. The van der Waals surface area contributed by atoms with Crippen molar-refractivity contribution in [3.8, 4) is 17.1 Å². The lowest BCUT2D eigenvalue weighted by atomic mass is 10.2. The van der Waals surface area contributed by atoms with Gasteiger partial charge in [-0.2, -0.15) is 22.9 Å². The monoisotopic (exact) mass is 535 g/mol. The summed E-state index contributed by atoms with van der Waals surface area (Å²) >= 11 is 2.88. The van der Waals surface area contributed by atoms with E-state index in [0.717, 1.165) is 9.36 Å². The van der Waals surface area contributed by atoms with Crippen molar-refractivity contribution in [3.05, 3.63) is 74.7 Å². The number of aromatic nitrogens is 4. The van der Waals surface area contributed by atoms with Crippen molar-refractivity contribution in [2.75, 3.05) is 12.5 Å². The van der Waals surface area contributed by atoms with Crippen LogP contribution in [0.3, 0.4) is 0 Å². The fourth-order valence-electron chi connectivity index (χ4n) is 3.35. The van der Waals surface area contributed by atoms with E-state index in [9.17, 15) is 22.8 Å². The highest BCUT2D eigenvalue weighted by Crippen LogP contribution is 2.35. The summed E-state index contributed by atoms with van der Waals surface area (Å²) in [5.41, 5.74) is 1.78. The molecule has 0 aliphatic rings. The standard InChI is InChI=1S/C22H17BrF3N5O3/c1-12-18(23)19(22(24,25)26)29-30(12)11-17(32)28-31-20(13-6-5-7-14(10-13)34-2)27-16-9-4-3-8-15(16)21(31)33/h3-10H,11H2,1-2H3,(H,28,32). The van der Waals surface area contributed by atoms with Gasteiger partial charge in [0.2, 0.25) is 0 Å². The van der Waals surface area contributed by atoms with Crippen LogP contribution in [0.1, 0.15) is 11.4 Å². The molecule has 4 rings (SSSR count). The molecule has 2 aromatic carbocycles. The Morgan fingerprint density at radius 1 is 1.18 bits per heavy atom. The number of ether oxygens (including phenoxy) is 1. The number of nitrogens with zero attached hydrogens (tertiary/aromatic N) is 4. The molecule has 2 heterocycles. The SMILES string of the molecule is COc1cccc(-c2nc3ccccc3c(=O)n2NC(=O)Cn2nc(C(F)(F)F)c(Br)c2C)c1. The van der Waals surface area contributed by atoms with Gasteiger partial charge in [0.25, 0.3) is 11.5 Å². The number of para-hydroxylation sites is 1. The lowest BCUT2D eigenvalue weighted by Gasteiger charge is -2.15. The van der Waals surface area contributed by atoms with Gasteiger partial charge in [0.1, 0.15) is 12.3 Å². The molecule has 0 saturated heterocycles. The van der Waals surface area contributed by atoms with Crippen LogP contribution in [0.4, 0.5) is 13.2 Å². The first kappa shape index (κ1) is 23.5. The molecule has 0 unspecified atom stereocenters. The average Bonchev–Trinajstić information content (AvgIpc) is 3.09. The fourth-order valence-corrected chi connectivity index (χ4v) is 3.86. The predicted molar refractivity (Wildman–Crippen MR) is 122 cm³/mol. The van der Waals surface area contributed by atoms with Crippen molar-refractivity contribution in [3.63, 3.8) is 0 Å². The van der Waals surface area contributed by atoms with Gasteiger partial charge in [0.05, 0.1) is 28.2 Å². The van der Waals surface area contributed by atoms with E-state index < -0.39 is 29.9 Å². The molecule has 0 fully saturated rings. The van der Waals surface area contributed by atoms with Gasteiger partial charge in [-0.3, -0.25) is 19.7 Å². The summed E-state index contributed by atoms with van der Waals surface area (Å²) in [7, 11) is 1.49. The fraction of sp³-hybridized carbons (Fsp3) is 0.182. The van der Waals surface area contributed by atoms with Crippen LogP contribution in [0.25, 0.3) is 22.3 Å². The molecule has 0 bridgehead atoms. The second kappa shape index (κ2) is 8.93. The molecule has 0 atom stereocenters. The lowest BCUT2D eigenvalue weighted by molar-refractivity contribution is -0.142. The van der Waals surface area contributed by atoms with E-state index in [2.05, 4.69) is 31.4 Å². The molecule has 176 valence electrons. The molecular weight excluding hydrogens is 519 g/mol. The zero-order valence-electron chi connectivity index (χ0n) is 17.9. The lowest BCUT2D eigenvalue weighted by Crippen LogP contribution is -2.37. The molecule has 1 amide bonds. The first-order chi connectivity index (χ1) is 16.1. The maximum Gasteiger partial charge on any atom is 0.436 e. The zero-order chi connectivity index (χ0) is 24.6. The number of fused-ring (bicyclic) bond motifs is 1. The van der Waals surface area contributed by atoms with Crippen LogP contribution in [-0.2, 0) is 17.5 Å². The van der Waals surface area contributed by atoms with Crippen LogP contribution < -0.4 is 15.7 Å². The Kier molecular flexibility index (Phi) is 6.17. The van der Waals surface area contributed by atoms with Crippen molar-refractivity contribution in [2.24, 2.45) is 0 Å². The smallest absolute Gasteiger partial charge is 0.436 e. The Bertz CT molecular complexity index is 1460. The number of amides is 1. The minimum absolute atomic E-state index is 0.111. The predicted octanol–water partition coefficient (Wildman–Crippen LogP) is 4.13. The van der Waals surface area contributed by atoms with Crippen molar-refractivity contribution in [2.45, 2.75) is 19.6 Å². The Labute approximate surface area is 199 Å². The summed E-state index contributed by atoms with van der Waals surface area (Å²) in [6.45, 7) is 0.836. The maximum atomic E-state index is 13.2. The molecule has 0 aliphatic carbocycles. The third kappa shape index (κ3) is 4.40. The van der Waals surface area contributed by atoms with Crippen LogP contribution in [0.2, 0.25) is 0 Å². The van der Waals surface area contributed by atoms with Gasteiger partial charge in [-0.25, -0.2) is 4.98 Å². The molecule has 0 aliphatic heterocycles. The average molecular weight is 536 g/mol. The summed E-state index contributed by atoms with van der Waals surface area (Å²) in [6, 6.07) is 13.3. The van der Waals surface area contributed by atoms with Gasteiger partial charge >= 0.3 is 6.18 Å². The molecule has 2 aromatic heterocycles. The van der Waals surface area contributed by atoms with E-state index in [4.69, 9.17) is 4.74 Å². The third-order valence-corrected chi connectivity index (χ3v) is 5.98. The molecule has 0 saturated carbocycles. The van der Waals surface area contributed by atoms with Crippen LogP contribution >= 0.6 is 15.9 Å². The Morgan fingerprint density at radius 2 is 1.91 bits per heavy atom. The van der Waals surface area contributed by atoms with E-state index >= 15 is 0 Å². The number of nitrogens with one attached hydrogen (secondary N) is 1. The summed E-state index contributed by atoms with van der Waals surface area (Å²) in [5, 5.41) is 3.76. The number of carbonyl (C=O) groups is 1. The molecule has 8 nitrogen and oxygen atoms in total. The third-order valence-electron chi connectivity index (χ3n) is 5.04. The Morgan fingerprint density at radius 3 is 2.59 bits per heavy atom. The molecule has 4 aromatic rings. The molecular formula is C22H17BrF3N5O3. The number of hydrogen-bond acceptors (Lipinski definition) is 5. The number of rotatable bonds is 5. The highest BCUT2D eigenvalue weighted by Gasteiger charge is 2.38. The van der Waals surface area contributed by atoms with E-state index in [1.807, 2.05) is 0 Å². The molecule has 0 spiro atoms. The number of carbonyl (C=O) groups excluding carboxylic acids is 1. The van der Waals surface area contributed by atoms with Gasteiger partial charge in [-0.1, -0.05) is 24.3 Å². The van der Waals surface area contributed by atoms with Crippen molar-refractivity contribution in [1.29, 1.82) is 0 Å². The number of halogens is 4. The normalized spacial score (nSPS) is 11.6.